The lowest BCUT2D eigenvalue weighted by Crippen LogP contribution is -2.40. The number of nitrogens with one attached hydrogen (secondary N) is 2. The summed E-state index contributed by atoms with van der Waals surface area (Å²) in [5.74, 6) is 1.20. The summed E-state index contributed by atoms with van der Waals surface area (Å²) in [4.78, 5) is 11.8. The van der Waals surface area contributed by atoms with Gasteiger partial charge in [0, 0.05) is 13.1 Å². The van der Waals surface area contributed by atoms with Crippen LogP contribution in [0.3, 0.4) is 0 Å². The van der Waals surface area contributed by atoms with E-state index in [4.69, 9.17) is 4.74 Å². The Morgan fingerprint density at radius 3 is 2.95 bits per heavy atom. The highest BCUT2D eigenvalue weighted by molar-refractivity contribution is 5.78. The number of rotatable bonds is 6. The molecule has 1 atom stereocenters. The van der Waals surface area contributed by atoms with Crippen molar-refractivity contribution < 1.29 is 9.53 Å². The maximum absolute atomic E-state index is 11.8. The molecular formula is C15H22N2O2. The van der Waals surface area contributed by atoms with E-state index in [1.165, 1.54) is 0 Å². The average Bonchev–Trinajstić information content (AvgIpc) is 2.49. The number of amides is 1. The fourth-order valence-corrected chi connectivity index (χ4v) is 2.21. The fraction of sp³-hybridized carbons (Fsp3) is 0.533. The Hall–Kier alpha value is -1.55. The number of para-hydroxylation sites is 1. The van der Waals surface area contributed by atoms with Gasteiger partial charge >= 0.3 is 0 Å². The summed E-state index contributed by atoms with van der Waals surface area (Å²) < 4.78 is 5.57. The van der Waals surface area contributed by atoms with Gasteiger partial charge in [0.1, 0.15) is 5.75 Å². The second-order valence-electron chi connectivity index (χ2n) is 4.85. The molecule has 1 saturated heterocycles. The van der Waals surface area contributed by atoms with Gasteiger partial charge in [0.2, 0.25) is 5.91 Å². The summed E-state index contributed by atoms with van der Waals surface area (Å²) in [6.07, 6.45) is 2.93. The molecule has 1 amide bonds. The van der Waals surface area contributed by atoms with E-state index in [-0.39, 0.29) is 11.8 Å². The quantitative estimate of drug-likeness (QED) is 0.765. The molecule has 0 spiro atoms. The van der Waals surface area contributed by atoms with E-state index in [9.17, 15) is 4.79 Å². The first-order valence-corrected chi connectivity index (χ1v) is 7.02. The first-order chi connectivity index (χ1) is 9.36. The van der Waals surface area contributed by atoms with Crippen molar-refractivity contribution in [2.75, 3.05) is 26.2 Å². The molecule has 0 radical (unpaired) electrons. The van der Waals surface area contributed by atoms with Crippen LogP contribution in [-0.2, 0) is 4.79 Å². The van der Waals surface area contributed by atoms with Crippen LogP contribution in [0.4, 0.5) is 0 Å². The molecule has 2 rings (SSSR count). The number of hydrogen-bond donors (Lipinski definition) is 2. The monoisotopic (exact) mass is 262 g/mol. The molecule has 104 valence electrons. The van der Waals surface area contributed by atoms with Crippen molar-refractivity contribution in [2.24, 2.45) is 5.92 Å². The van der Waals surface area contributed by atoms with Gasteiger partial charge in [-0.05, 0) is 37.9 Å². The molecule has 0 aliphatic carbocycles. The number of carbonyl (C=O) groups is 1. The summed E-state index contributed by atoms with van der Waals surface area (Å²) in [6, 6.07) is 9.74. The normalized spacial score (nSPS) is 18.8. The topological polar surface area (TPSA) is 50.4 Å². The predicted octanol–water partition coefficient (Wildman–Crippen LogP) is 1.57. The van der Waals surface area contributed by atoms with Crippen LogP contribution < -0.4 is 15.4 Å². The number of piperidine rings is 1. The summed E-state index contributed by atoms with van der Waals surface area (Å²) in [5.41, 5.74) is 0. The van der Waals surface area contributed by atoms with Gasteiger partial charge in [0.05, 0.1) is 12.5 Å². The summed E-state index contributed by atoms with van der Waals surface area (Å²) >= 11 is 0. The fourth-order valence-electron chi connectivity index (χ4n) is 2.21. The van der Waals surface area contributed by atoms with E-state index in [0.717, 1.165) is 38.1 Å². The number of benzene rings is 1. The third kappa shape index (κ3) is 4.91. The van der Waals surface area contributed by atoms with Crippen molar-refractivity contribution >= 4 is 5.91 Å². The van der Waals surface area contributed by atoms with E-state index in [1.807, 2.05) is 30.3 Å². The van der Waals surface area contributed by atoms with Crippen LogP contribution in [-0.4, -0.2) is 32.1 Å². The SMILES string of the molecule is O=C(NCCCOc1ccccc1)[C@@H]1CCCNC1. The van der Waals surface area contributed by atoms with Crippen LogP contribution in [0.5, 0.6) is 5.75 Å². The van der Waals surface area contributed by atoms with Crippen molar-refractivity contribution in [1.29, 1.82) is 0 Å². The van der Waals surface area contributed by atoms with Gasteiger partial charge in [-0.15, -0.1) is 0 Å². The molecule has 1 aromatic carbocycles. The minimum atomic E-state index is 0.142. The highest BCUT2D eigenvalue weighted by atomic mass is 16.5. The second-order valence-corrected chi connectivity index (χ2v) is 4.85. The van der Waals surface area contributed by atoms with Gasteiger partial charge < -0.3 is 15.4 Å². The lowest BCUT2D eigenvalue weighted by atomic mass is 9.99. The second kappa shape index (κ2) is 7.79. The first kappa shape index (κ1) is 13.9. The lowest BCUT2D eigenvalue weighted by Gasteiger charge is -2.21. The van der Waals surface area contributed by atoms with Crippen LogP contribution >= 0.6 is 0 Å². The maximum Gasteiger partial charge on any atom is 0.224 e. The summed E-state index contributed by atoms with van der Waals surface area (Å²) in [5, 5.41) is 6.23. The molecular weight excluding hydrogens is 240 g/mol. The molecule has 4 nitrogen and oxygen atoms in total. The minimum absolute atomic E-state index is 0.142. The maximum atomic E-state index is 11.8. The van der Waals surface area contributed by atoms with Gasteiger partial charge in [0.15, 0.2) is 0 Å². The zero-order chi connectivity index (χ0) is 13.3. The summed E-state index contributed by atoms with van der Waals surface area (Å²) in [7, 11) is 0. The lowest BCUT2D eigenvalue weighted by molar-refractivity contribution is -0.125. The van der Waals surface area contributed by atoms with Gasteiger partial charge in [-0.1, -0.05) is 18.2 Å². The molecule has 1 fully saturated rings. The van der Waals surface area contributed by atoms with Crippen LogP contribution in [0.2, 0.25) is 0 Å². The average molecular weight is 262 g/mol. The van der Waals surface area contributed by atoms with Crippen LogP contribution in [0.1, 0.15) is 19.3 Å². The Kier molecular flexibility index (Phi) is 5.69. The minimum Gasteiger partial charge on any atom is -0.494 e. The predicted molar refractivity (Wildman–Crippen MR) is 75.2 cm³/mol. The molecule has 1 aliphatic rings. The molecule has 0 unspecified atom stereocenters. The van der Waals surface area contributed by atoms with E-state index >= 15 is 0 Å². The molecule has 19 heavy (non-hydrogen) atoms. The first-order valence-electron chi connectivity index (χ1n) is 7.02. The Balaban J connectivity index is 1.55. The van der Waals surface area contributed by atoms with Crippen molar-refractivity contribution in [2.45, 2.75) is 19.3 Å². The smallest absolute Gasteiger partial charge is 0.224 e. The molecule has 1 aliphatic heterocycles. The molecule has 0 aromatic heterocycles. The van der Waals surface area contributed by atoms with E-state index in [1.54, 1.807) is 0 Å². The summed E-state index contributed by atoms with van der Waals surface area (Å²) in [6.45, 7) is 3.16. The van der Waals surface area contributed by atoms with Gasteiger partial charge in [-0.3, -0.25) is 4.79 Å². The zero-order valence-corrected chi connectivity index (χ0v) is 11.2. The van der Waals surface area contributed by atoms with Crippen LogP contribution in [0, 0.1) is 5.92 Å². The van der Waals surface area contributed by atoms with Gasteiger partial charge in [-0.25, -0.2) is 0 Å². The van der Waals surface area contributed by atoms with E-state index in [0.29, 0.717) is 13.2 Å². The molecule has 0 saturated carbocycles. The zero-order valence-electron chi connectivity index (χ0n) is 11.2. The Bertz CT molecular complexity index is 375. The third-order valence-corrected chi connectivity index (χ3v) is 3.30. The molecule has 4 heteroatoms. The highest BCUT2D eigenvalue weighted by Crippen LogP contribution is 2.10. The highest BCUT2D eigenvalue weighted by Gasteiger charge is 2.19. The van der Waals surface area contributed by atoms with Gasteiger partial charge in [0.25, 0.3) is 0 Å². The molecule has 1 aromatic rings. The molecule has 2 N–H and O–H groups in total. The largest absolute Gasteiger partial charge is 0.494 e. The Morgan fingerprint density at radius 2 is 2.21 bits per heavy atom. The number of ether oxygens (including phenoxy) is 1. The number of carbonyl (C=O) groups excluding carboxylic acids is 1. The van der Waals surface area contributed by atoms with Crippen molar-refractivity contribution in [3.63, 3.8) is 0 Å². The van der Waals surface area contributed by atoms with E-state index < -0.39 is 0 Å². The standard InChI is InChI=1S/C15H22N2O2/c18-15(13-6-4-9-16-12-13)17-10-5-11-19-14-7-2-1-3-8-14/h1-3,7-8,13,16H,4-6,9-12H2,(H,17,18)/t13-/m1/s1. The van der Waals surface area contributed by atoms with Crippen molar-refractivity contribution in [3.05, 3.63) is 30.3 Å². The van der Waals surface area contributed by atoms with Crippen LogP contribution in [0.25, 0.3) is 0 Å². The molecule has 1 heterocycles. The molecule has 0 bridgehead atoms. The third-order valence-electron chi connectivity index (χ3n) is 3.30. The Labute approximate surface area is 114 Å². The Morgan fingerprint density at radius 1 is 1.37 bits per heavy atom. The van der Waals surface area contributed by atoms with Gasteiger partial charge in [-0.2, -0.15) is 0 Å². The van der Waals surface area contributed by atoms with Crippen molar-refractivity contribution in [1.82, 2.24) is 10.6 Å². The van der Waals surface area contributed by atoms with Crippen LogP contribution in [0.15, 0.2) is 30.3 Å². The number of hydrogen-bond acceptors (Lipinski definition) is 3. The van der Waals surface area contributed by atoms with E-state index in [2.05, 4.69) is 10.6 Å². The van der Waals surface area contributed by atoms with Crippen molar-refractivity contribution in [3.8, 4) is 5.75 Å².